The van der Waals surface area contributed by atoms with Gasteiger partial charge in [0.1, 0.15) is 42.2 Å². The van der Waals surface area contributed by atoms with Crippen molar-refractivity contribution in [2.45, 2.75) is 117 Å². The van der Waals surface area contributed by atoms with Crippen LogP contribution in [0.15, 0.2) is 0 Å². The lowest BCUT2D eigenvalue weighted by Gasteiger charge is -2.52. The Morgan fingerprint density at radius 1 is 1.02 bits per heavy atom. The molecule has 2 unspecified atom stereocenters. The first-order chi connectivity index (χ1) is 21.2. The number of nitrogens with one attached hydrogen (secondary N) is 3. The molecule has 2 saturated heterocycles. The van der Waals surface area contributed by atoms with Gasteiger partial charge in [-0.05, 0) is 46.3 Å². The second kappa shape index (κ2) is 16.8. The molecule has 3 rings (SSSR count). The van der Waals surface area contributed by atoms with Crippen LogP contribution in [0.1, 0.15) is 26.2 Å². The zero-order valence-electron chi connectivity index (χ0n) is 25.8. The Morgan fingerprint density at radius 3 is 2.31 bits per heavy atom. The van der Waals surface area contributed by atoms with Crippen molar-refractivity contribution in [1.82, 2.24) is 16.0 Å². The number of carbonyl (C=O) groups excluding carboxylic acids is 1. The summed E-state index contributed by atoms with van der Waals surface area (Å²) in [5.41, 5.74) is 16.0. The Hall–Kier alpha value is -1.17. The first kappa shape index (κ1) is 38.3. The fraction of sp³-hybridized carbons (Fsp3) is 0.963. The smallest absolute Gasteiger partial charge is 0.249 e. The van der Waals surface area contributed by atoms with Crippen LogP contribution in [0.2, 0.25) is 0 Å². The average Bonchev–Trinajstić information content (AvgIpc) is 2.97. The second-order valence-electron chi connectivity index (χ2n) is 12.6. The van der Waals surface area contributed by atoms with Gasteiger partial charge in [-0.1, -0.05) is 0 Å². The summed E-state index contributed by atoms with van der Waals surface area (Å²) in [6, 6.07) is -2.90. The number of amides is 1. The Balaban J connectivity index is 1.86. The lowest BCUT2D eigenvalue weighted by atomic mass is 9.72. The summed E-state index contributed by atoms with van der Waals surface area (Å²) in [4.78, 5) is 12.8. The minimum Gasteiger partial charge on any atom is -0.392 e. The molecule has 18 heteroatoms. The van der Waals surface area contributed by atoms with E-state index < -0.39 is 103 Å². The third-order valence-corrected chi connectivity index (χ3v) is 9.00. The van der Waals surface area contributed by atoms with Crippen LogP contribution >= 0.6 is 0 Å². The molecule has 0 aromatic heterocycles. The highest BCUT2D eigenvalue weighted by Crippen LogP contribution is 2.37. The van der Waals surface area contributed by atoms with Gasteiger partial charge < -0.3 is 88.2 Å². The van der Waals surface area contributed by atoms with E-state index in [4.69, 9.17) is 31.4 Å². The molecule has 264 valence electrons. The van der Waals surface area contributed by atoms with E-state index in [0.717, 1.165) is 0 Å². The summed E-state index contributed by atoms with van der Waals surface area (Å²) >= 11 is 0. The number of nitrogens with two attached hydrogens (primary N) is 3. The average molecular weight is 655 g/mol. The number of aliphatic hydroxyl groups excluding tert-OH is 7. The van der Waals surface area contributed by atoms with Gasteiger partial charge in [-0.3, -0.25) is 4.79 Å². The molecule has 1 aliphatic carbocycles. The summed E-state index contributed by atoms with van der Waals surface area (Å²) < 4.78 is 17.7. The Bertz CT molecular complexity index is 925. The van der Waals surface area contributed by atoms with Gasteiger partial charge >= 0.3 is 0 Å². The molecule has 18 nitrogen and oxygen atoms in total. The molecule has 0 aromatic rings. The third kappa shape index (κ3) is 9.05. The highest BCUT2D eigenvalue weighted by atomic mass is 16.7. The van der Waals surface area contributed by atoms with Crippen LogP contribution in [0.4, 0.5) is 0 Å². The molecule has 0 bridgehead atoms. The minimum absolute atomic E-state index is 0.0317. The second-order valence-corrected chi connectivity index (χ2v) is 12.6. The monoisotopic (exact) mass is 654 g/mol. The van der Waals surface area contributed by atoms with E-state index in [1.807, 2.05) is 0 Å². The van der Waals surface area contributed by atoms with Gasteiger partial charge in [0.2, 0.25) is 5.91 Å². The lowest BCUT2D eigenvalue weighted by molar-refractivity contribution is -0.303. The van der Waals surface area contributed by atoms with Gasteiger partial charge in [0.25, 0.3) is 0 Å². The number of ether oxygens (including phenoxy) is 3. The van der Waals surface area contributed by atoms with E-state index >= 15 is 0 Å². The van der Waals surface area contributed by atoms with Gasteiger partial charge in [-0.25, -0.2) is 0 Å². The van der Waals surface area contributed by atoms with Crippen LogP contribution in [0.25, 0.3) is 0 Å². The molecular weight excluding hydrogens is 600 g/mol. The first-order valence-electron chi connectivity index (χ1n) is 15.4. The summed E-state index contributed by atoms with van der Waals surface area (Å²) in [6.07, 6.45) is -15.1. The standard InChI is InChI=1S/C27H54N6O12/c1-27(42)10-43-26(21(40)24(27)31-2)45-22-13(33-25(41)14(35)4-6-29)7-12(30)16(18(22)37)23-20(39)19(38)17(36)15(44-23)9-32-8-11(34)3-5-28/h11-24,26,31-32,34-40,42H,3-10,28-30H2,1-2H3,(H,33,41)/t11?,12-,13+,14-,15+,16?,17+,18-,19-,20+,21+,22-,23+,24+,26+,27-/m0/s1. The van der Waals surface area contributed by atoms with Crippen molar-refractivity contribution in [3.05, 3.63) is 0 Å². The number of rotatable bonds is 14. The predicted octanol–water partition coefficient (Wildman–Crippen LogP) is -7.52. The number of hydrogen-bond acceptors (Lipinski definition) is 17. The van der Waals surface area contributed by atoms with Gasteiger partial charge in [0, 0.05) is 25.0 Å². The quantitative estimate of drug-likeness (QED) is 0.0827. The van der Waals surface area contributed by atoms with Crippen molar-refractivity contribution in [3.8, 4) is 0 Å². The zero-order valence-corrected chi connectivity index (χ0v) is 25.8. The van der Waals surface area contributed by atoms with Gasteiger partial charge in [-0.2, -0.15) is 0 Å². The number of hydrogen-bond donors (Lipinski definition) is 14. The highest BCUT2D eigenvalue weighted by molar-refractivity contribution is 5.80. The van der Waals surface area contributed by atoms with Crippen LogP contribution in [0.3, 0.4) is 0 Å². The molecule has 0 radical (unpaired) electrons. The fourth-order valence-corrected chi connectivity index (χ4v) is 6.49. The van der Waals surface area contributed by atoms with E-state index in [0.29, 0.717) is 6.42 Å². The van der Waals surface area contributed by atoms with Crippen molar-refractivity contribution in [2.24, 2.45) is 23.1 Å². The number of aliphatic hydroxyl groups is 8. The molecule has 0 spiro atoms. The highest BCUT2D eigenvalue weighted by Gasteiger charge is 2.56. The van der Waals surface area contributed by atoms with Crippen molar-refractivity contribution in [1.29, 1.82) is 0 Å². The molecule has 45 heavy (non-hydrogen) atoms. The van der Waals surface area contributed by atoms with Crippen LogP contribution < -0.4 is 33.2 Å². The van der Waals surface area contributed by atoms with E-state index in [9.17, 15) is 45.6 Å². The molecule has 16 atom stereocenters. The van der Waals surface area contributed by atoms with Crippen molar-refractivity contribution in [3.63, 3.8) is 0 Å². The molecular formula is C27H54N6O12. The van der Waals surface area contributed by atoms with Gasteiger partial charge in [-0.15, -0.1) is 0 Å². The summed E-state index contributed by atoms with van der Waals surface area (Å²) in [6.45, 7) is 1.60. The maximum absolute atomic E-state index is 12.8. The van der Waals surface area contributed by atoms with Gasteiger partial charge in [0.15, 0.2) is 6.29 Å². The molecule has 1 amide bonds. The predicted molar refractivity (Wildman–Crippen MR) is 157 cm³/mol. The topological polar surface area (TPSA) is 321 Å². The van der Waals surface area contributed by atoms with Crippen molar-refractivity contribution >= 4 is 5.91 Å². The Kier molecular flexibility index (Phi) is 14.3. The largest absolute Gasteiger partial charge is 0.392 e. The van der Waals surface area contributed by atoms with Crippen molar-refractivity contribution in [2.75, 3.05) is 39.8 Å². The normalized spacial score (nSPS) is 43.9. The van der Waals surface area contributed by atoms with Crippen LogP contribution in [0, 0.1) is 5.92 Å². The molecule has 3 fully saturated rings. The van der Waals surface area contributed by atoms with E-state index in [1.165, 1.54) is 14.0 Å². The van der Waals surface area contributed by atoms with Crippen molar-refractivity contribution < 1.29 is 59.9 Å². The fourth-order valence-electron chi connectivity index (χ4n) is 6.49. The Labute approximate surface area is 262 Å². The molecule has 3 aliphatic rings. The number of carbonyl (C=O) groups is 1. The summed E-state index contributed by atoms with van der Waals surface area (Å²) in [7, 11) is 1.53. The summed E-state index contributed by atoms with van der Waals surface area (Å²) in [5.74, 6) is -1.93. The zero-order chi connectivity index (χ0) is 33.6. The molecule has 2 heterocycles. The van der Waals surface area contributed by atoms with Crippen LogP contribution in [0.5, 0.6) is 0 Å². The number of likely N-dealkylation sites (N-methyl/N-ethyl adjacent to an activating group) is 1. The Morgan fingerprint density at radius 2 is 1.69 bits per heavy atom. The summed E-state index contributed by atoms with van der Waals surface area (Å²) in [5, 5.41) is 94.3. The molecule has 0 aromatic carbocycles. The first-order valence-corrected chi connectivity index (χ1v) is 15.4. The maximum Gasteiger partial charge on any atom is 0.249 e. The molecule has 17 N–H and O–H groups in total. The van der Waals surface area contributed by atoms with Gasteiger partial charge in [0.05, 0.1) is 43.1 Å². The van der Waals surface area contributed by atoms with Crippen LogP contribution in [-0.2, 0) is 19.0 Å². The maximum atomic E-state index is 12.8. The van der Waals surface area contributed by atoms with E-state index in [2.05, 4.69) is 16.0 Å². The SMILES string of the molecule is CN[C@@H]1[C@@H](O)[C@@H](O[C@H]2[C@H](NC(=O)[C@@H](O)CCN)C[C@H](N)C([C@H]3O[C@H](CNCC(O)CCN)[C@@H](O)[C@H](O)[C@H]3O)[C@@H]2O)OC[C@]1(C)O. The van der Waals surface area contributed by atoms with E-state index in [-0.39, 0.29) is 45.6 Å². The van der Waals surface area contributed by atoms with E-state index in [1.54, 1.807) is 0 Å². The van der Waals surface area contributed by atoms with Crippen LogP contribution in [-0.4, -0.2) is 178 Å². The third-order valence-electron chi connectivity index (χ3n) is 9.00. The minimum atomic E-state index is -1.69. The lowest BCUT2D eigenvalue weighted by Crippen LogP contribution is -2.71. The molecule has 2 aliphatic heterocycles. The molecule has 1 saturated carbocycles.